The van der Waals surface area contributed by atoms with Gasteiger partial charge in [-0.2, -0.15) is 13.2 Å². The number of halogens is 4. The summed E-state index contributed by atoms with van der Waals surface area (Å²) in [4.78, 5) is 29.7. The lowest BCUT2D eigenvalue weighted by Gasteiger charge is -2.24. The van der Waals surface area contributed by atoms with E-state index >= 15 is 0 Å². The lowest BCUT2D eigenvalue weighted by molar-refractivity contribution is -0.136. The number of aromatic nitrogens is 2. The molecule has 0 fully saturated rings. The first-order chi connectivity index (χ1) is 15.3. The standard InChI is InChI=1S/C22H22F4N4O3/c1-12(27-20(32)33-21(2,3)4)18-28-16-7-5-6-15(22(24,25)26)17(16)19(31)30(18)29-14-10-8-13(23)9-11-14/h5-12,29H,1-4H3,(H,27,32)/t12-/m0/s1. The Morgan fingerprint density at radius 3 is 2.30 bits per heavy atom. The van der Waals surface area contributed by atoms with Gasteiger partial charge in [-0.25, -0.2) is 18.8 Å². The fourth-order valence-electron chi connectivity index (χ4n) is 3.08. The van der Waals surface area contributed by atoms with Crippen molar-refractivity contribution in [2.24, 2.45) is 0 Å². The second-order valence-corrected chi connectivity index (χ2v) is 8.29. The Balaban J connectivity index is 2.17. The van der Waals surface area contributed by atoms with Crippen molar-refractivity contribution in [2.75, 3.05) is 5.43 Å². The van der Waals surface area contributed by atoms with Crippen LogP contribution in [0.4, 0.5) is 28.0 Å². The maximum absolute atomic E-state index is 13.6. The van der Waals surface area contributed by atoms with E-state index in [-0.39, 0.29) is 17.0 Å². The molecule has 0 saturated carbocycles. The van der Waals surface area contributed by atoms with Gasteiger partial charge in [-0.05, 0) is 64.1 Å². The lowest BCUT2D eigenvalue weighted by Crippen LogP contribution is -2.39. The molecule has 1 atom stereocenters. The number of nitrogens with zero attached hydrogens (tertiary/aromatic N) is 2. The van der Waals surface area contributed by atoms with Gasteiger partial charge in [0.25, 0.3) is 5.56 Å². The molecular weight excluding hydrogens is 444 g/mol. The Morgan fingerprint density at radius 2 is 1.73 bits per heavy atom. The molecule has 0 aliphatic carbocycles. The van der Waals surface area contributed by atoms with Gasteiger partial charge in [-0.1, -0.05) is 6.07 Å². The van der Waals surface area contributed by atoms with Gasteiger partial charge in [-0.15, -0.1) is 0 Å². The summed E-state index contributed by atoms with van der Waals surface area (Å²) < 4.78 is 60.0. The van der Waals surface area contributed by atoms with Gasteiger partial charge in [-0.3, -0.25) is 10.2 Å². The molecule has 2 aromatic carbocycles. The minimum absolute atomic E-state index is 0.0815. The molecule has 176 valence electrons. The van der Waals surface area contributed by atoms with E-state index in [0.717, 1.165) is 28.9 Å². The normalized spacial score (nSPS) is 13.0. The number of amides is 1. The van der Waals surface area contributed by atoms with Crippen molar-refractivity contribution in [3.8, 4) is 0 Å². The van der Waals surface area contributed by atoms with E-state index in [1.165, 1.54) is 25.1 Å². The third kappa shape index (κ3) is 5.60. The number of alkyl halides is 3. The Morgan fingerprint density at radius 1 is 1.09 bits per heavy atom. The number of hydrogen-bond donors (Lipinski definition) is 2. The third-order valence-corrected chi connectivity index (χ3v) is 4.43. The molecule has 0 spiro atoms. The number of benzene rings is 2. The lowest BCUT2D eigenvalue weighted by atomic mass is 10.1. The maximum atomic E-state index is 13.6. The summed E-state index contributed by atoms with van der Waals surface area (Å²) >= 11 is 0. The van der Waals surface area contributed by atoms with E-state index in [1.807, 2.05) is 0 Å². The Labute approximate surface area is 186 Å². The predicted octanol–water partition coefficient (Wildman–Crippen LogP) is 5.02. The van der Waals surface area contributed by atoms with Gasteiger partial charge < -0.3 is 10.1 Å². The minimum atomic E-state index is -4.80. The van der Waals surface area contributed by atoms with E-state index < -0.39 is 46.2 Å². The van der Waals surface area contributed by atoms with Crippen LogP contribution in [0, 0.1) is 5.82 Å². The van der Waals surface area contributed by atoms with Gasteiger partial charge in [0.2, 0.25) is 0 Å². The molecule has 1 aromatic heterocycles. The quantitative estimate of drug-likeness (QED) is 0.528. The van der Waals surface area contributed by atoms with Crippen LogP contribution in [-0.4, -0.2) is 21.4 Å². The molecule has 0 radical (unpaired) electrons. The van der Waals surface area contributed by atoms with Crippen LogP contribution in [0.2, 0.25) is 0 Å². The van der Waals surface area contributed by atoms with E-state index in [0.29, 0.717) is 0 Å². The number of anilines is 1. The molecule has 0 aliphatic rings. The number of hydrogen-bond acceptors (Lipinski definition) is 5. The number of rotatable bonds is 4. The fraction of sp³-hybridized carbons (Fsp3) is 0.318. The van der Waals surface area contributed by atoms with Crippen LogP contribution in [0.3, 0.4) is 0 Å². The highest BCUT2D eigenvalue weighted by Gasteiger charge is 2.35. The molecule has 11 heteroatoms. The number of ether oxygens (including phenoxy) is 1. The van der Waals surface area contributed by atoms with Crippen LogP contribution < -0.4 is 16.3 Å². The molecule has 0 saturated heterocycles. The van der Waals surface area contributed by atoms with Crippen molar-refractivity contribution in [1.82, 2.24) is 15.0 Å². The molecule has 1 heterocycles. The van der Waals surface area contributed by atoms with Crippen LogP contribution >= 0.6 is 0 Å². The van der Waals surface area contributed by atoms with Crippen molar-refractivity contribution in [3.05, 3.63) is 70.0 Å². The van der Waals surface area contributed by atoms with Crippen LogP contribution in [0.25, 0.3) is 10.9 Å². The number of carbonyl (C=O) groups is 1. The van der Waals surface area contributed by atoms with E-state index in [4.69, 9.17) is 4.74 Å². The topological polar surface area (TPSA) is 85.2 Å². The summed E-state index contributed by atoms with van der Waals surface area (Å²) in [7, 11) is 0. The molecule has 0 aliphatic heterocycles. The van der Waals surface area contributed by atoms with Crippen molar-refractivity contribution in [2.45, 2.75) is 45.5 Å². The highest BCUT2D eigenvalue weighted by Crippen LogP contribution is 2.33. The van der Waals surface area contributed by atoms with Crippen molar-refractivity contribution < 1.29 is 27.1 Å². The highest BCUT2D eigenvalue weighted by molar-refractivity contribution is 5.82. The molecule has 7 nitrogen and oxygen atoms in total. The first-order valence-electron chi connectivity index (χ1n) is 9.91. The summed E-state index contributed by atoms with van der Waals surface area (Å²) in [5.74, 6) is -0.619. The zero-order chi connectivity index (χ0) is 24.6. The van der Waals surface area contributed by atoms with Gasteiger partial charge in [0.15, 0.2) is 5.82 Å². The Bertz CT molecular complexity index is 1230. The minimum Gasteiger partial charge on any atom is -0.444 e. The first-order valence-corrected chi connectivity index (χ1v) is 9.91. The third-order valence-electron chi connectivity index (χ3n) is 4.43. The number of fused-ring (bicyclic) bond motifs is 1. The predicted molar refractivity (Wildman–Crippen MR) is 114 cm³/mol. The number of alkyl carbamates (subject to hydrolysis) is 1. The fourth-order valence-corrected chi connectivity index (χ4v) is 3.08. The molecule has 0 unspecified atom stereocenters. The average Bonchev–Trinajstić information content (AvgIpc) is 2.68. The number of nitrogens with one attached hydrogen (secondary N) is 2. The second-order valence-electron chi connectivity index (χ2n) is 8.29. The molecule has 3 rings (SSSR count). The van der Waals surface area contributed by atoms with E-state index in [9.17, 15) is 27.2 Å². The van der Waals surface area contributed by atoms with Crippen LogP contribution in [-0.2, 0) is 10.9 Å². The summed E-state index contributed by atoms with van der Waals surface area (Å²) in [5.41, 5.74) is -0.301. The van der Waals surface area contributed by atoms with E-state index in [1.54, 1.807) is 20.8 Å². The van der Waals surface area contributed by atoms with Crippen LogP contribution in [0.5, 0.6) is 0 Å². The second kappa shape index (κ2) is 8.72. The zero-order valence-electron chi connectivity index (χ0n) is 18.2. The van der Waals surface area contributed by atoms with Gasteiger partial charge >= 0.3 is 12.3 Å². The molecular formula is C22H22F4N4O3. The average molecular weight is 466 g/mol. The highest BCUT2D eigenvalue weighted by atomic mass is 19.4. The Hall–Kier alpha value is -3.63. The SMILES string of the molecule is C[C@H](NC(=O)OC(C)(C)C)c1nc2cccc(C(F)(F)F)c2c(=O)n1Nc1ccc(F)cc1. The zero-order valence-corrected chi connectivity index (χ0v) is 18.2. The molecule has 3 aromatic rings. The summed E-state index contributed by atoms with van der Waals surface area (Å²) in [5, 5.41) is 1.87. The largest absolute Gasteiger partial charge is 0.444 e. The summed E-state index contributed by atoms with van der Waals surface area (Å²) in [6, 6.07) is 7.10. The van der Waals surface area contributed by atoms with Gasteiger partial charge in [0, 0.05) is 0 Å². The molecule has 2 N–H and O–H groups in total. The van der Waals surface area contributed by atoms with E-state index in [2.05, 4.69) is 15.7 Å². The number of carbonyl (C=O) groups excluding carboxylic acids is 1. The maximum Gasteiger partial charge on any atom is 0.417 e. The first kappa shape index (κ1) is 24.0. The summed E-state index contributed by atoms with van der Waals surface area (Å²) in [6.07, 6.45) is -5.60. The van der Waals surface area contributed by atoms with Gasteiger partial charge in [0.05, 0.1) is 28.2 Å². The van der Waals surface area contributed by atoms with Crippen LogP contribution in [0.1, 0.15) is 45.1 Å². The van der Waals surface area contributed by atoms with Crippen molar-refractivity contribution in [1.29, 1.82) is 0 Å². The monoisotopic (exact) mass is 466 g/mol. The Kier molecular flexibility index (Phi) is 6.35. The van der Waals surface area contributed by atoms with Crippen LogP contribution in [0.15, 0.2) is 47.3 Å². The van der Waals surface area contributed by atoms with Gasteiger partial charge in [0.1, 0.15) is 11.4 Å². The molecule has 33 heavy (non-hydrogen) atoms. The molecule has 1 amide bonds. The van der Waals surface area contributed by atoms with Crippen molar-refractivity contribution in [3.63, 3.8) is 0 Å². The summed E-state index contributed by atoms with van der Waals surface area (Å²) in [6.45, 7) is 6.48. The smallest absolute Gasteiger partial charge is 0.417 e. The molecule has 0 bridgehead atoms. The van der Waals surface area contributed by atoms with Crippen molar-refractivity contribution >= 4 is 22.7 Å².